The van der Waals surface area contributed by atoms with E-state index in [0.29, 0.717) is 33.7 Å². The minimum absolute atomic E-state index is 0.0347. The van der Waals surface area contributed by atoms with E-state index < -0.39 is 6.04 Å². The minimum Gasteiger partial charge on any atom is -0.484 e. The van der Waals surface area contributed by atoms with Gasteiger partial charge in [-0.25, -0.2) is 0 Å². The Morgan fingerprint density at radius 3 is 2.24 bits per heavy atom. The second-order valence-corrected chi connectivity index (χ2v) is 10.6. The summed E-state index contributed by atoms with van der Waals surface area (Å²) in [4.78, 5) is 28.8. The molecule has 0 heterocycles. The molecule has 38 heavy (non-hydrogen) atoms. The van der Waals surface area contributed by atoms with Crippen molar-refractivity contribution >= 4 is 35.0 Å². The number of halogens is 2. The van der Waals surface area contributed by atoms with Crippen molar-refractivity contribution in [3.8, 4) is 5.75 Å². The van der Waals surface area contributed by atoms with Crippen molar-refractivity contribution in [3.05, 3.63) is 99.5 Å². The maximum atomic E-state index is 13.7. The molecule has 0 aliphatic heterocycles. The Kier molecular flexibility index (Phi) is 11.1. The summed E-state index contributed by atoms with van der Waals surface area (Å²) in [5.74, 6) is 0.455. The Balaban J connectivity index is 1.92. The van der Waals surface area contributed by atoms with Crippen LogP contribution in [0.3, 0.4) is 0 Å². The van der Waals surface area contributed by atoms with Crippen LogP contribution < -0.4 is 10.1 Å². The summed E-state index contributed by atoms with van der Waals surface area (Å²) in [5, 5.41) is 3.99. The highest BCUT2D eigenvalue weighted by Gasteiger charge is 2.31. The molecule has 2 amide bonds. The molecule has 2 atom stereocenters. The summed E-state index contributed by atoms with van der Waals surface area (Å²) in [7, 11) is 0. The van der Waals surface area contributed by atoms with Crippen molar-refractivity contribution in [2.45, 2.75) is 65.1 Å². The molecule has 0 aromatic heterocycles. The van der Waals surface area contributed by atoms with Gasteiger partial charge in [-0.1, -0.05) is 92.5 Å². The van der Waals surface area contributed by atoms with Gasteiger partial charge in [0.2, 0.25) is 5.91 Å². The fourth-order valence-corrected chi connectivity index (χ4v) is 4.47. The monoisotopic (exact) mass is 554 g/mol. The molecule has 0 bridgehead atoms. The third-order valence-electron chi connectivity index (χ3n) is 6.54. The van der Waals surface area contributed by atoms with Gasteiger partial charge in [-0.3, -0.25) is 9.59 Å². The molecule has 2 unspecified atom stereocenters. The first-order valence-electron chi connectivity index (χ1n) is 13.0. The fraction of sp³-hybridized carbons (Fsp3) is 0.355. The number of carbonyl (C=O) groups excluding carboxylic acids is 2. The van der Waals surface area contributed by atoms with Crippen LogP contribution in [-0.2, 0) is 22.6 Å². The molecule has 0 aliphatic rings. The molecule has 5 nitrogen and oxygen atoms in total. The van der Waals surface area contributed by atoms with E-state index in [2.05, 4.69) is 19.2 Å². The average Bonchev–Trinajstić information content (AvgIpc) is 2.91. The molecule has 3 aromatic carbocycles. The summed E-state index contributed by atoms with van der Waals surface area (Å²) in [6, 6.07) is 21.7. The molecule has 0 saturated carbocycles. The number of benzene rings is 3. The van der Waals surface area contributed by atoms with E-state index >= 15 is 0 Å². The van der Waals surface area contributed by atoms with Crippen LogP contribution in [0, 0.1) is 0 Å². The molecule has 3 aromatic rings. The van der Waals surface area contributed by atoms with E-state index in [-0.39, 0.29) is 31.0 Å². The van der Waals surface area contributed by atoms with Gasteiger partial charge >= 0.3 is 0 Å². The lowest BCUT2D eigenvalue weighted by molar-refractivity contribution is -0.143. The second-order valence-electron chi connectivity index (χ2n) is 9.79. The van der Waals surface area contributed by atoms with Crippen LogP contribution in [0.5, 0.6) is 5.75 Å². The summed E-state index contributed by atoms with van der Waals surface area (Å²) < 4.78 is 5.88. The van der Waals surface area contributed by atoms with Gasteiger partial charge in [0.25, 0.3) is 5.91 Å². The molecule has 3 rings (SSSR count). The quantitative estimate of drug-likeness (QED) is 0.261. The van der Waals surface area contributed by atoms with E-state index in [1.54, 1.807) is 23.1 Å². The first-order chi connectivity index (χ1) is 18.2. The lowest BCUT2D eigenvalue weighted by atomic mass is 10.0. The predicted octanol–water partition coefficient (Wildman–Crippen LogP) is 7.05. The summed E-state index contributed by atoms with van der Waals surface area (Å²) in [5.41, 5.74) is 2.83. The van der Waals surface area contributed by atoms with Gasteiger partial charge in [-0.05, 0) is 60.2 Å². The number of amides is 2. The van der Waals surface area contributed by atoms with Gasteiger partial charge in [-0.2, -0.15) is 0 Å². The standard InChI is InChI=1S/C31H36Cl2N2O3/c1-5-22(4)34-31(37)29(17-23-9-7-6-8-10-23)35(19-25-11-14-26(32)18-28(25)33)30(36)20-38-27-15-12-24(13-16-27)21(2)3/h6-16,18,21-22,29H,5,17,19-20H2,1-4H3,(H,34,37). The predicted molar refractivity (Wildman–Crippen MR) is 155 cm³/mol. The highest BCUT2D eigenvalue weighted by atomic mass is 35.5. The van der Waals surface area contributed by atoms with Gasteiger partial charge < -0.3 is 15.0 Å². The third kappa shape index (κ3) is 8.50. The van der Waals surface area contributed by atoms with Crippen molar-refractivity contribution in [1.82, 2.24) is 10.2 Å². The van der Waals surface area contributed by atoms with Crippen molar-refractivity contribution < 1.29 is 14.3 Å². The lowest BCUT2D eigenvalue weighted by Gasteiger charge is -2.32. The van der Waals surface area contributed by atoms with E-state index in [1.807, 2.05) is 68.4 Å². The molecule has 0 fully saturated rings. The van der Waals surface area contributed by atoms with Crippen LogP contribution in [0.15, 0.2) is 72.8 Å². The number of hydrogen-bond acceptors (Lipinski definition) is 3. The van der Waals surface area contributed by atoms with Crippen molar-refractivity contribution in [1.29, 1.82) is 0 Å². The van der Waals surface area contributed by atoms with Crippen LogP contribution >= 0.6 is 23.2 Å². The number of ether oxygens (including phenoxy) is 1. The molecule has 1 N–H and O–H groups in total. The highest BCUT2D eigenvalue weighted by molar-refractivity contribution is 6.35. The van der Waals surface area contributed by atoms with Crippen LogP contribution in [0.1, 0.15) is 56.7 Å². The van der Waals surface area contributed by atoms with E-state index in [0.717, 1.165) is 12.0 Å². The zero-order chi connectivity index (χ0) is 27.7. The normalized spacial score (nSPS) is 12.6. The Morgan fingerprint density at radius 2 is 1.63 bits per heavy atom. The third-order valence-corrected chi connectivity index (χ3v) is 7.12. The Morgan fingerprint density at radius 1 is 0.947 bits per heavy atom. The fourth-order valence-electron chi connectivity index (χ4n) is 4.01. The van der Waals surface area contributed by atoms with Gasteiger partial charge in [0, 0.05) is 29.1 Å². The van der Waals surface area contributed by atoms with Gasteiger partial charge in [0.1, 0.15) is 11.8 Å². The number of nitrogens with one attached hydrogen (secondary N) is 1. The molecule has 0 saturated heterocycles. The summed E-state index contributed by atoms with van der Waals surface area (Å²) >= 11 is 12.6. The zero-order valence-electron chi connectivity index (χ0n) is 22.4. The molecular weight excluding hydrogens is 519 g/mol. The number of nitrogens with zero attached hydrogens (tertiary/aromatic N) is 1. The van der Waals surface area contributed by atoms with Crippen LogP contribution in [0.4, 0.5) is 0 Å². The Bertz CT molecular complexity index is 1200. The van der Waals surface area contributed by atoms with Crippen molar-refractivity contribution in [3.63, 3.8) is 0 Å². The topological polar surface area (TPSA) is 58.6 Å². The number of carbonyl (C=O) groups is 2. The Labute approximate surface area is 236 Å². The van der Waals surface area contributed by atoms with Crippen molar-refractivity contribution in [2.24, 2.45) is 0 Å². The van der Waals surface area contributed by atoms with Gasteiger partial charge in [0.15, 0.2) is 6.61 Å². The first kappa shape index (κ1) is 29.5. The molecule has 202 valence electrons. The van der Waals surface area contributed by atoms with Crippen LogP contribution in [0.2, 0.25) is 10.0 Å². The number of rotatable bonds is 12. The smallest absolute Gasteiger partial charge is 0.261 e. The van der Waals surface area contributed by atoms with Gasteiger partial charge in [0.05, 0.1) is 0 Å². The van der Waals surface area contributed by atoms with Crippen LogP contribution in [-0.4, -0.2) is 35.4 Å². The molecule has 0 aliphatic carbocycles. The molecular formula is C31H36Cl2N2O3. The minimum atomic E-state index is -0.766. The molecule has 0 spiro atoms. The lowest BCUT2D eigenvalue weighted by Crippen LogP contribution is -2.53. The molecule has 7 heteroatoms. The summed E-state index contributed by atoms with van der Waals surface area (Å²) in [6.45, 7) is 8.12. The highest BCUT2D eigenvalue weighted by Crippen LogP contribution is 2.25. The van der Waals surface area contributed by atoms with Gasteiger partial charge in [-0.15, -0.1) is 0 Å². The van der Waals surface area contributed by atoms with E-state index in [4.69, 9.17) is 27.9 Å². The van der Waals surface area contributed by atoms with Crippen molar-refractivity contribution in [2.75, 3.05) is 6.61 Å². The summed E-state index contributed by atoms with van der Waals surface area (Å²) in [6.07, 6.45) is 1.12. The SMILES string of the molecule is CCC(C)NC(=O)C(Cc1ccccc1)N(Cc1ccc(Cl)cc1Cl)C(=O)COc1ccc(C(C)C)cc1. The molecule has 0 radical (unpaired) electrons. The van der Waals surface area contributed by atoms with E-state index in [1.165, 1.54) is 5.56 Å². The average molecular weight is 556 g/mol. The second kappa shape index (κ2) is 14.2. The Hall–Kier alpha value is -3.02. The number of hydrogen-bond donors (Lipinski definition) is 1. The zero-order valence-corrected chi connectivity index (χ0v) is 23.9. The largest absolute Gasteiger partial charge is 0.484 e. The van der Waals surface area contributed by atoms with E-state index in [9.17, 15) is 9.59 Å². The van der Waals surface area contributed by atoms with Crippen LogP contribution in [0.25, 0.3) is 0 Å². The maximum Gasteiger partial charge on any atom is 0.261 e. The first-order valence-corrected chi connectivity index (χ1v) is 13.7. The maximum absolute atomic E-state index is 13.7.